The van der Waals surface area contributed by atoms with E-state index >= 15 is 0 Å². The number of hydrogen-bond acceptors (Lipinski definition) is 5. The van der Waals surface area contributed by atoms with E-state index in [4.69, 9.17) is 15.2 Å². The summed E-state index contributed by atoms with van der Waals surface area (Å²) in [5.41, 5.74) is 13.1. The summed E-state index contributed by atoms with van der Waals surface area (Å²) in [5, 5.41) is 0. The second-order valence-corrected chi connectivity index (χ2v) is 9.97. The van der Waals surface area contributed by atoms with Gasteiger partial charge in [0.05, 0.1) is 13.5 Å². The molecular weight excluding hydrogens is 436 g/mol. The topological polar surface area (TPSA) is 64.8 Å². The first-order valence-corrected chi connectivity index (χ1v) is 12.5. The summed E-state index contributed by atoms with van der Waals surface area (Å²) in [6.45, 7) is 3.18. The van der Waals surface area contributed by atoms with Gasteiger partial charge in [-0.15, -0.1) is 0 Å². The third-order valence-corrected chi connectivity index (χ3v) is 7.39. The molecule has 5 rings (SSSR count). The van der Waals surface area contributed by atoms with E-state index in [1.807, 2.05) is 24.3 Å². The van der Waals surface area contributed by atoms with Crippen molar-refractivity contribution in [2.24, 2.45) is 11.1 Å². The monoisotopic (exact) mass is 470 g/mol. The molecule has 2 N–H and O–H groups in total. The zero-order chi connectivity index (χ0) is 24.3. The average Bonchev–Trinajstić information content (AvgIpc) is 3.65. The van der Waals surface area contributed by atoms with Gasteiger partial charge in [-0.25, -0.2) is 0 Å². The van der Waals surface area contributed by atoms with Crippen LogP contribution in [0.3, 0.4) is 0 Å². The Labute approximate surface area is 207 Å². The van der Waals surface area contributed by atoms with Crippen molar-refractivity contribution >= 4 is 11.7 Å². The third kappa shape index (κ3) is 5.51. The summed E-state index contributed by atoms with van der Waals surface area (Å²) in [6, 6.07) is 22.9. The van der Waals surface area contributed by atoms with Gasteiger partial charge in [-0.3, -0.25) is 4.79 Å². The summed E-state index contributed by atoms with van der Waals surface area (Å²) in [6.07, 6.45) is 5.51. The molecule has 0 unspecified atom stereocenters. The lowest BCUT2D eigenvalue weighted by Crippen LogP contribution is -2.36. The maximum absolute atomic E-state index is 11.8. The van der Waals surface area contributed by atoms with Crippen LogP contribution in [0, 0.1) is 5.41 Å². The average molecular weight is 471 g/mol. The van der Waals surface area contributed by atoms with E-state index in [0.717, 1.165) is 29.8 Å². The maximum atomic E-state index is 11.8. The Morgan fingerprint density at radius 1 is 0.971 bits per heavy atom. The van der Waals surface area contributed by atoms with E-state index < -0.39 is 0 Å². The van der Waals surface area contributed by atoms with Gasteiger partial charge in [-0.1, -0.05) is 36.4 Å². The molecule has 3 aromatic rings. The van der Waals surface area contributed by atoms with Crippen molar-refractivity contribution in [3.05, 3.63) is 83.4 Å². The van der Waals surface area contributed by atoms with Gasteiger partial charge in [0.2, 0.25) is 0 Å². The minimum atomic E-state index is -0.274. The molecule has 0 aromatic heterocycles. The molecule has 1 aliphatic heterocycles. The second-order valence-electron chi connectivity index (χ2n) is 9.97. The lowest BCUT2D eigenvalue weighted by atomic mass is 9.93. The highest BCUT2D eigenvalue weighted by molar-refractivity contribution is 5.73. The van der Waals surface area contributed by atoms with Crippen molar-refractivity contribution in [1.82, 2.24) is 0 Å². The summed E-state index contributed by atoms with van der Waals surface area (Å²) >= 11 is 0. The first-order valence-electron chi connectivity index (χ1n) is 12.5. The minimum absolute atomic E-state index is 0.194. The van der Waals surface area contributed by atoms with Gasteiger partial charge in [0.15, 0.2) is 0 Å². The molecule has 5 heteroatoms. The zero-order valence-electron chi connectivity index (χ0n) is 20.5. The molecule has 0 bridgehead atoms. The van der Waals surface area contributed by atoms with E-state index in [-0.39, 0.29) is 12.4 Å². The highest BCUT2D eigenvalue weighted by atomic mass is 16.5. The Hall–Kier alpha value is -3.31. The van der Waals surface area contributed by atoms with Crippen molar-refractivity contribution in [1.29, 1.82) is 0 Å². The number of nitrogens with two attached hydrogens (primary N) is 1. The van der Waals surface area contributed by atoms with Gasteiger partial charge in [-0.05, 0) is 83.7 Å². The van der Waals surface area contributed by atoms with Crippen LogP contribution in [0.25, 0.3) is 11.1 Å². The number of anilines is 1. The molecule has 2 fully saturated rings. The fraction of sp³-hybridized carbons (Fsp3) is 0.367. The molecule has 5 nitrogen and oxygen atoms in total. The fourth-order valence-electron chi connectivity index (χ4n) is 5.18. The predicted octanol–water partition coefficient (Wildman–Crippen LogP) is 5.49. The SMILES string of the molecule is COC(=O)Cc1ccccc1OCc1cc(-c2cccc(CN)c2)cc(N2CCCC3(CC3)C2)c1. The molecule has 0 radical (unpaired) electrons. The molecule has 0 amide bonds. The number of carbonyl (C=O) groups is 1. The lowest BCUT2D eigenvalue weighted by molar-refractivity contribution is -0.139. The van der Waals surface area contributed by atoms with Crippen molar-refractivity contribution in [3.63, 3.8) is 0 Å². The Bertz CT molecular complexity index is 1200. The Morgan fingerprint density at radius 3 is 2.60 bits per heavy atom. The van der Waals surface area contributed by atoms with E-state index in [0.29, 0.717) is 24.3 Å². The van der Waals surface area contributed by atoms with Gasteiger partial charge >= 0.3 is 5.97 Å². The summed E-state index contributed by atoms with van der Waals surface area (Å²) < 4.78 is 11.1. The fourth-order valence-corrected chi connectivity index (χ4v) is 5.18. The van der Waals surface area contributed by atoms with Crippen molar-refractivity contribution < 1.29 is 14.3 Å². The highest BCUT2D eigenvalue weighted by Crippen LogP contribution is 2.52. The predicted molar refractivity (Wildman–Crippen MR) is 139 cm³/mol. The lowest BCUT2D eigenvalue weighted by Gasteiger charge is -2.35. The summed E-state index contributed by atoms with van der Waals surface area (Å²) in [7, 11) is 1.41. The van der Waals surface area contributed by atoms with Crippen LogP contribution in [0.4, 0.5) is 5.69 Å². The number of benzene rings is 3. The van der Waals surface area contributed by atoms with Crippen molar-refractivity contribution in [2.45, 2.75) is 45.3 Å². The number of nitrogens with zero attached hydrogens (tertiary/aromatic N) is 1. The number of hydrogen-bond donors (Lipinski definition) is 1. The molecule has 1 heterocycles. The van der Waals surface area contributed by atoms with E-state index in [2.05, 4.69) is 47.4 Å². The molecule has 0 atom stereocenters. The smallest absolute Gasteiger partial charge is 0.310 e. The molecule has 1 saturated heterocycles. The number of ether oxygens (including phenoxy) is 2. The number of carbonyl (C=O) groups excluding carboxylic acids is 1. The van der Waals surface area contributed by atoms with Crippen molar-refractivity contribution in [3.8, 4) is 16.9 Å². The quantitative estimate of drug-likeness (QED) is 0.441. The Morgan fingerprint density at radius 2 is 1.80 bits per heavy atom. The van der Waals surface area contributed by atoms with Crippen LogP contribution in [0.1, 0.15) is 42.4 Å². The number of rotatable bonds is 8. The second kappa shape index (κ2) is 10.1. The largest absolute Gasteiger partial charge is 0.489 e. The van der Waals surface area contributed by atoms with Crippen LogP contribution in [0.15, 0.2) is 66.7 Å². The van der Waals surface area contributed by atoms with Gasteiger partial charge in [0.1, 0.15) is 12.4 Å². The van der Waals surface area contributed by atoms with Gasteiger partial charge in [-0.2, -0.15) is 0 Å². The summed E-state index contributed by atoms with van der Waals surface area (Å²) in [5.74, 6) is 0.439. The van der Waals surface area contributed by atoms with Crippen LogP contribution in [-0.4, -0.2) is 26.2 Å². The van der Waals surface area contributed by atoms with E-state index in [1.165, 1.54) is 49.6 Å². The van der Waals surface area contributed by atoms with Crippen LogP contribution in [-0.2, 0) is 29.1 Å². The van der Waals surface area contributed by atoms with Crippen LogP contribution in [0.2, 0.25) is 0 Å². The first kappa shape index (κ1) is 23.4. The Kier molecular flexibility index (Phi) is 6.78. The van der Waals surface area contributed by atoms with Crippen LogP contribution >= 0.6 is 0 Å². The molecular formula is C30H34N2O3. The van der Waals surface area contributed by atoms with Crippen LogP contribution < -0.4 is 15.4 Å². The molecule has 2 aliphatic rings. The zero-order valence-corrected chi connectivity index (χ0v) is 20.5. The minimum Gasteiger partial charge on any atom is -0.489 e. The highest BCUT2D eigenvalue weighted by Gasteiger charge is 2.45. The standard InChI is InChI=1S/C30H34N2O3/c1-34-29(33)18-25-7-2-3-9-28(25)35-20-23-15-26(24-8-4-6-22(14-24)19-31)17-27(16-23)32-13-5-10-30(21-32)11-12-30/h2-4,6-9,14-17H,5,10-13,18-21,31H2,1H3. The van der Waals surface area contributed by atoms with Gasteiger partial charge in [0, 0.05) is 30.9 Å². The number of para-hydroxylation sites is 1. The molecule has 1 spiro atoms. The molecule has 182 valence electrons. The van der Waals surface area contributed by atoms with Crippen molar-refractivity contribution in [2.75, 3.05) is 25.1 Å². The number of methoxy groups -OCH3 is 1. The maximum Gasteiger partial charge on any atom is 0.310 e. The van der Waals surface area contributed by atoms with E-state index in [9.17, 15) is 4.79 Å². The number of esters is 1. The van der Waals surface area contributed by atoms with Gasteiger partial charge < -0.3 is 20.1 Å². The van der Waals surface area contributed by atoms with Crippen LogP contribution in [0.5, 0.6) is 5.75 Å². The normalized spacial score (nSPS) is 16.2. The summed E-state index contributed by atoms with van der Waals surface area (Å²) in [4.78, 5) is 14.4. The molecule has 35 heavy (non-hydrogen) atoms. The number of piperidine rings is 1. The molecule has 1 aliphatic carbocycles. The molecule has 1 saturated carbocycles. The van der Waals surface area contributed by atoms with E-state index in [1.54, 1.807) is 0 Å². The third-order valence-electron chi connectivity index (χ3n) is 7.39. The van der Waals surface area contributed by atoms with Gasteiger partial charge in [0.25, 0.3) is 0 Å². The first-order chi connectivity index (χ1) is 17.1. The Balaban J connectivity index is 1.44. The molecule has 3 aromatic carbocycles.